The van der Waals surface area contributed by atoms with E-state index in [0.29, 0.717) is 21.3 Å². The van der Waals surface area contributed by atoms with E-state index in [1.54, 1.807) is 24.3 Å². The van der Waals surface area contributed by atoms with Crippen molar-refractivity contribution in [2.45, 2.75) is 0 Å². The van der Waals surface area contributed by atoms with Gasteiger partial charge in [0.25, 0.3) is 0 Å². The second-order valence-corrected chi connectivity index (χ2v) is 4.47. The van der Waals surface area contributed by atoms with Crippen LogP contribution in [0.2, 0.25) is 10.0 Å². The third kappa shape index (κ3) is 2.94. The lowest BCUT2D eigenvalue weighted by atomic mass is 10.2. The van der Waals surface area contributed by atoms with Gasteiger partial charge in [-0.1, -0.05) is 23.2 Å². The fourth-order valence-electron chi connectivity index (χ4n) is 1.37. The van der Waals surface area contributed by atoms with Crippen LogP contribution in [0.15, 0.2) is 41.4 Å². The molecular weight excluding hydrogens is 273 g/mol. The van der Waals surface area contributed by atoms with Crippen LogP contribution in [0.1, 0.15) is 5.56 Å². The zero-order chi connectivity index (χ0) is 13.1. The molecule has 0 fully saturated rings. The molecule has 0 saturated heterocycles. The van der Waals surface area contributed by atoms with Gasteiger partial charge in [0, 0.05) is 27.9 Å². The van der Waals surface area contributed by atoms with Crippen molar-refractivity contribution >= 4 is 35.1 Å². The van der Waals surface area contributed by atoms with E-state index in [2.05, 4.69) is 4.99 Å². The fourth-order valence-corrected chi connectivity index (χ4v) is 1.72. The molecule has 0 aromatic heterocycles. The molecule has 2 rings (SSSR count). The minimum absolute atomic E-state index is 0.0275. The molecule has 3 nitrogen and oxygen atoms in total. The molecule has 0 aliphatic carbocycles. The summed E-state index contributed by atoms with van der Waals surface area (Å²) in [6.07, 6.45) is 1.42. The summed E-state index contributed by atoms with van der Waals surface area (Å²) in [5.41, 5.74) is 0.829. The van der Waals surface area contributed by atoms with Gasteiger partial charge >= 0.3 is 0 Å². The van der Waals surface area contributed by atoms with E-state index in [4.69, 9.17) is 23.2 Å². The van der Waals surface area contributed by atoms with Crippen molar-refractivity contribution in [1.82, 2.24) is 0 Å². The first-order valence-electron chi connectivity index (χ1n) is 5.07. The van der Waals surface area contributed by atoms with Gasteiger partial charge in [0.2, 0.25) is 0 Å². The lowest BCUT2D eigenvalue weighted by Gasteiger charge is -2.01. The van der Waals surface area contributed by atoms with Gasteiger partial charge in [-0.2, -0.15) is 0 Å². The molecule has 0 saturated carbocycles. The van der Waals surface area contributed by atoms with Crippen LogP contribution in [-0.2, 0) is 0 Å². The summed E-state index contributed by atoms with van der Waals surface area (Å²) in [6.45, 7) is 0. The van der Waals surface area contributed by atoms with Crippen molar-refractivity contribution in [3.8, 4) is 11.5 Å². The number of benzene rings is 2. The van der Waals surface area contributed by atoms with Gasteiger partial charge in [-0.3, -0.25) is 4.99 Å². The Hall–Kier alpha value is -1.71. The van der Waals surface area contributed by atoms with Gasteiger partial charge in [0.1, 0.15) is 17.2 Å². The molecule has 0 heterocycles. The molecule has 2 aromatic carbocycles. The number of aromatic hydroxyl groups is 2. The predicted molar refractivity (Wildman–Crippen MR) is 73.5 cm³/mol. The van der Waals surface area contributed by atoms with Gasteiger partial charge in [0.15, 0.2) is 0 Å². The predicted octanol–water partition coefficient (Wildman–Crippen LogP) is 4.16. The number of hydrogen-bond donors (Lipinski definition) is 2. The summed E-state index contributed by atoms with van der Waals surface area (Å²) in [5, 5.41) is 20.1. The first-order valence-corrected chi connectivity index (χ1v) is 5.83. The van der Waals surface area contributed by atoms with E-state index in [-0.39, 0.29) is 11.5 Å². The number of nitrogens with zero attached hydrogens (tertiary/aromatic N) is 1. The monoisotopic (exact) mass is 281 g/mol. The number of aliphatic imine (C=N–C) groups is 1. The van der Waals surface area contributed by atoms with Crippen molar-refractivity contribution in [3.05, 3.63) is 52.0 Å². The van der Waals surface area contributed by atoms with Crippen molar-refractivity contribution in [2.75, 3.05) is 0 Å². The summed E-state index contributed by atoms with van der Waals surface area (Å²) in [5.74, 6) is 0.0388. The Bertz CT molecular complexity index is 612. The van der Waals surface area contributed by atoms with Crippen molar-refractivity contribution in [1.29, 1.82) is 0 Å². The number of phenols is 2. The molecule has 5 heteroatoms. The zero-order valence-corrected chi connectivity index (χ0v) is 10.7. The topological polar surface area (TPSA) is 52.8 Å². The van der Waals surface area contributed by atoms with E-state index in [9.17, 15) is 10.2 Å². The standard InChI is InChI=1S/C13H9Cl2NO2/c14-9-2-4-12(17)8(5-9)7-16-11-3-1-10(15)6-13(11)18/h1-7,17-18H. The summed E-state index contributed by atoms with van der Waals surface area (Å²) >= 11 is 11.5. The molecule has 2 aromatic rings. The first kappa shape index (κ1) is 12.7. The van der Waals surface area contributed by atoms with Crippen LogP contribution in [0.3, 0.4) is 0 Å². The lowest BCUT2D eigenvalue weighted by Crippen LogP contribution is -1.82. The molecular formula is C13H9Cl2NO2. The van der Waals surface area contributed by atoms with Gasteiger partial charge in [0.05, 0.1) is 0 Å². The van der Waals surface area contributed by atoms with E-state index in [0.717, 1.165) is 0 Å². The maximum absolute atomic E-state index is 9.61. The van der Waals surface area contributed by atoms with E-state index >= 15 is 0 Å². The molecule has 0 bridgehead atoms. The Morgan fingerprint density at radius 3 is 2.28 bits per heavy atom. The minimum atomic E-state index is -0.0275. The normalized spacial score (nSPS) is 11.0. The quantitative estimate of drug-likeness (QED) is 0.813. The summed E-state index contributed by atoms with van der Waals surface area (Å²) in [4.78, 5) is 4.07. The molecule has 2 N–H and O–H groups in total. The molecule has 18 heavy (non-hydrogen) atoms. The SMILES string of the molecule is Oc1ccc(Cl)cc1C=Nc1ccc(Cl)cc1O. The lowest BCUT2D eigenvalue weighted by molar-refractivity contribution is 0.474. The van der Waals surface area contributed by atoms with Gasteiger partial charge < -0.3 is 10.2 Å². The van der Waals surface area contributed by atoms with Crippen LogP contribution in [0.4, 0.5) is 5.69 Å². The molecule has 0 atom stereocenters. The van der Waals surface area contributed by atoms with Gasteiger partial charge in [-0.25, -0.2) is 0 Å². The number of hydrogen-bond acceptors (Lipinski definition) is 3. The van der Waals surface area contributed by atoms with Crippen LogP contribution in [0, 0.1) is 0 Å². The summed E-state index contributed by atoms with van der Waals surface area (Å²) in [7, 11) is 0. The van der Waals surface area contributed by atoms with E-state index in [1.165, 1.54) is 18.3 Å². The van der Waals surface area contributed by atoms with Crippen molar-refractivity contribution in [3.63, 3.8) is 0 Å². The fraction of sp³-hybridized carbons (Fsp3) is 0. The van der Waals surface area contributed by atoms with E-state index in [1.807, 2.05) is 0 Å². The molecule has 0 radical (unpaired) electrons. The Balaban J connectivity index is 2.32. The highest BCUT2D eigenvalue weighted by Crippen LogP contribution is 2.29. The van der Waals surface area contributed by atoms with E-state index < -0.39 is 0 Å². The largest absolute Gasteiger partial charge is 0.507 e. The summed E-state index contributed by atoms with van der Waals surface area (Å²) < 4.78 is 0. The number of halogens is 2. The number of rotatable bonds is 2. The third-order valence-corrected chi connectivity index (χ3v) is 2.74. The Morgan fingerprint density at radius 2 is 1.56 bits per heavy atom. The molecule has 92 valence electrons. The molecule has 0 spiro atoms. The average molecular weight is 282 g/mol. The molecule has 0 amide bonds. The maximum atomic E-state index is 9.61. The second kappa shape index (κ2) is 5.29. The van der Waals surface area contributed by atoms with Crippen LogP contribution in [0.5, 0.6) is 11.5 Å². The Kier molecular flexibility index (Phi) is 3.75. The molecule has 0 aliphatic heterocycles. The zero-order valence-electron chi connectivity index (χ0n) is 9.14. The van der Waals surface area contributed by atoms with Crippen LogP contribution in [0.25, 0.3) is 0 Å². The maximum Gasteiger partial charge on any atom is 0.142 e. The van der Waals surface area contributed by atoms with Gasteiger partial charge in [-0.15, -0.1) is 0 Å². The van der Waals surface area contributed by atoms with Gasteiger partial charge in [-0.05, 0) is 30.3 Å². The number of phenolic OH excluding ortho intramolecular Hbond substituents is 2. The highest BCUT2D eigenvalue weighted by atomic mass is 35.5. The average Bonchev–Trinajstić information content (AvgIpc) is 2.32. The highest BCUT2D eigenvalue weighted by Gasteiger charge is 2.02. The van der Waals surface area contributed by atoms with Crippen molar-refractivity contribution < 1.29 is 10.2 Å². The highest BCUT2D eigenvalue weighted by molar-refractivity contribution is 6.31. The second-order valence-electron chi connectivity index (χ2n) is 3.59. The smallest absolute Gasteiger partial charge is 0.142 e. The van der Waals surface area contributed by atoms with Crippen LogP contribution in [-0.4, -0.2) is 16.4 Å². The molecule has 0 aliphatic rings. The minimum Gasteiger partial charge on any atom is -0.507 e. The van der Waals surface area contributed by atoms with Crippen molar-refractivity contribution in [2.24, 2.45) is 4.99 Å². The first-order chi connectivity index (χ1) is 8.56. The Labute approximate surface area is 114 Å². The molecule has 0 unspecified atom stereocenters. The summed E-state index contributed by atoms with van der Waals surface area (Å²) in [6, 6.07) is 9.22. The Morgan fingerprint density at radius 1 is 0.889 bits per heavy atom. The third-order valence-electron chi connectivity index (χ3n) is 2.27. The van der Waals surface area contributed by atoms with Crippen LogP contribution >= 0.6 is 23.2 Å². The van der Waals surface area contributed by atoms with Crippen LogP contribution < -0.4 is 0 Å².